The Kier molecular flexibility index (Phi) is 6.58. The maximum absolute atomic E-state index is 12.0. The first-order valence-corrected chi connectivity index (χ1v) is 8.16. The molecule has 0 spiro atoms. The van der Waals surface area contributed by atoms with Crippen LogP contribution in [0.25, 0.3) is 0 Å². The molecule has 18 heavy (non-hydrogen) atoms. The lowest BCUT2D eigenvalue weighted by Crippen LogP contribution is -2.24. The second kappa shape index (κ2) is 7.70. The number of aryl methyl sites for hydroxylation is 2. The van der Waals surface area contributed by atoms with E-state index in [1.54, 1.807) is 0 Å². The summed E-state index contributed by atoms with van der Waals surface area (Å²) in [7, 11) is 1.22. The molecule has 2 atom stereocenters. The van der Waals surface area contributed by atoms with Gasteiger partial charge in [0.15, 0.2) is 0 Å². The predicted molar refractivity (Wildman–Crippen MR) is 80.5 cm³/mol. The topological polar surface area (TPSA) is 29.1 Å². The van der Waals surface area contributed by atoms with Crippen LogP contribution >= 0.6 is 0 Å². The van der Waals surface area contributed by atoms with E-state index in [0.29, 0.717) is 5.75 Å². The minimum Gasteiger partial charge on any atom is -0.312 e. The maximum Gasteiger partial charge on any atom is 0.0437 e. The number of hydrogen-bond donors (Lipinski definition) is 1. The Morgan fingerprint density at radius 1 is 1.33 bits per heavy atom. The average molecular weight is 267 g/mol. The first-order valence-electron chi connectivity index (χ1n) is 6.67. The van der Waals surface area contributed by atoms with Crippen LogP contribution in [-0.2, 0) is 10.8 Å². The van der Waals surface area contributed by atoms with Crippen molar-refractivity contribution < 1.29 is 4.21 Å². The monoisotopic (exact) mass is 267 g/mol. The Morgan fingerprint density at radius 2 is 2.06 bits per heavy atom. The number of benzene rings is 1. The zero-order valence-corrected chi connectivity index (χ0v) is 12.8. The molecule has 2 nitrogen and oxygen atoms in total. The molecule has 2 unspecified atom stereocenters. The summed E-state index contributed by atoms with van der Waals surface area (Å²) in [4.78, 5) is 0. The van der Waals surface area contributed by atoms with Gasteiger partial charge in [-0.15, -0.1) is 0 Å². The molecule has 0 heterocycles. The molecule has 0 amide bonds. The van der Waals surface area contributed by atoms with Crippen molar-refractivity contribution in [1.29, 1.82) is 0 Å². The van der Waals surface area contributed by atoms with Gasteiger partial charge < -0.3 is 5.32 Å². The summed E-state index contributed by atoms with van der Waals surface area (Å²) in [5.41, 5.74) is 3.83. The van der Waals surface area contributed by atoms with Gasteiger partial charge in [-0.2, -0.15) is 0 Å². The third kappa shape index (κ3) is 4.54. The van der Waals surface area contributed by atoms with E-state index in [1.807, 2.05) is 7.05 Å². The summed E-state index contributed by atoms with van der Waals surface area (Å²) >= 11 is 0. The van der Waals surface area contributed by atoms with Crippen LogP contribution in [0.3, 0.4) is 0 Å². The fourth-order valence-electron chi connectivity index (χ4n) is 2.12. The minimum atomic E-state index is -0.726. The molecular formula is C15H25NOS. The Bertz CT molecular complexity index is 403. The number of unbranched alkanes of at least 4 members (excludes halogenated alkanes) is 1. The van der Waals surface area contributed by atoms with Gasteiger partial charge >= 0.3 is 0 Å². The SMILES string of the molecule is CCCCS(=O)CC(NC)c1ccc(C)cc1C. The highest BCUT2D eigenvalue weighted by molar-refractivity contribution is 7.85. The molecule has 0 aliphatic heterocycles. The van der Waals surface area contributed by atoms with E-state index in [0.717, 1.165) is 18.6 Å². The molecular weight excluding hydrogens is 242 g/mol. The van der Waals surface area contributed by atoms with Crippen molar-refractivity contribution in [2.45, 2.75) is 39.7 Å². The van der Waals surface area contributed by atoms with E-state index in [1.165, 1.54) is 16.7 Å². The highest BCUT2D eigenvalue weighted by Crippen LogP contribution is 2.20. The van der Waals surface area contributed by atoms with E-state index in [2.05, 4.69) is 44.3 Å². The summed E-state index contributed by atoms with van der Waals surface area (Å²) in [6, 6.07) is 6.67. The second-order valence-electron chi connectivity index (χ2n) is 4.87. The first kappa shape index (κ1) is 15.4. The van der Waals surface area contributed by atoms with Gasteiger partial charge in [0.2, 0.25) is 0 Å². The third-order valence-electron chi connectivity index (χ3n) is 3.23. The first-order chi connectivity index (χ1) is 8.58. The molecule has 1 aromatic rings. The van der Waals surface area contributed by atoms with Crippen LogP contribution in [0.15, 0.2) is 18.2 Å². The van der Waals surface area contributed by atoms with Gasteiger partial charge in [-0.1, -0.05) is 37.1 Å². The van der Waals surface area contributed by atoms with Crippen molar-refractivity contribution in [1.82, 2.24) is 5.32 Å². The quantitative estimate of drug-likeness (QED) is 0.822. The summed E-state index contributed by atoms with van der Waals surface area (Å²) in [5.74, 6) is 1.53. The maximum atomic E-state index is 12.0. The van der Waals surface area contributed by atoms with Gasteiger partial charge in [0.05, 0.1) is 0 Å². The minimum absolute atomic E-state index is 0.197. The van der Waals surface area contributed by atoms with Crippen LogP contribution in [0.1, 0.15) is 42.5 Å². The van der Waals surface area contributed by atoms with Crippen molar-refractivity contribution in [3.63, 3.8) is 0 Å². The summed E-state index contributed by atoms with van der Waals surface area (Å²) in [6.07, 6.45) is 2.16. The smallest absolute Gasteiger partial charge is 0.0437 e. The van der Waals surface area contributed by atoms with Crippen LogP contribution in [0.4, 0.5) is 0 Å². The predicted octanol–water partition coefficient (Wildman–Crippen LogP) is 3.11. The van der Waals surface area contributed by atoms with Crippen molar-refractivity contribution >= 4 is 10.8 Å². The van der Waals surface area contributed by atoms with Crippen LogP contribution in [0.2, 0.25) is 0 Å². The van der Waals surface area contributed by atoms with Gasteiger partial charge in [0, 0.05) is 28.3 Å². The molecule has 0 saturated carbocycles. The Hall–Kier alpha value is -0.670. The van der Waals surface area contributed by atoms with Gasteiger partial charge in [0.1, 0.15) is 0 Å². The largest absolute Gasteiger partial charge is 0.312 e. The fourth-order valence-corrected chi connectivity index (χ4v) is 3.62. The van der Waals surface area contributed by atoms with Crippen molar-refractivity contribution in [3.8, 4) is 0 Å². The molecule has 1 aromatic carbocycles. The molecule has 0 aliphatic rings. The number of hydrogen-bond acceptors (Lipinski definition) is 2. The van der Waals surface area contributed by atoms with Gasteiger partial charge in [-0.3, -0.25) is 4.21 Å². The van der Waals surface area contributed by atoms with Gasteiger partial charge in [0.25, 0.3) is 0 Å². The molecule has 0 fully saturated rings. The molecule has 102 valence electrons. The lowest BCUT2D eigenvalue weighted by atomic mass is 10.0. The standard InChI is InChI=1S/C15H25NOS/c1-5-6-9-18(17)11-15(16-4)14-8-7-12(2)10-13(14)3/h7-8,10,15-16H,5-6,9,11H2,1-4H3. The van der Waals surface area contributed by atoms with Crippen LogP contribution in [0, 0.1) is 13.8 Å². The summed E-state index contributed by atoms with van der Waals surface area (Å²) in [5, 5.41) is 3.29. The van der Waals surface area contributed by atoms with Crippen molar-refractivity contribution in [2.24, 2.45) is 0 Å². The van der Waals surface area contributed by atoms with Crippen LogP contribution in [-0.4, -0.2) is 22.8 Å². The molecule has 0 aromatic heterocycles. The average Bonchev–Trinajstić information content (AvgIpc) is 2.34. The summed E-state index contributed by atoms with van der Waals surface area (Å²) < 4.78 is 12.0. The van der Waals surface area contributed by atoms with Gasteiger partial charge in [-0.05, 0) is 38.4 Å². The molecule has 1 N–H and O–H groups in total. The highest BCUT2D eigenvalue weighted by atomic mass is 32.2. The number of rotatable bonds is 7. The normalized spacial score (nSPS) is 14.4. The summed E-state index contributed by atoms with van der Waals surface area (Å²) in [6.45, 7) is 6.36. The van der Waals surface area contributed by atoms with E-state index in [-0.39, 0.29) is 6.04 Å². The molecule has 1 rings (SSSR count). The third-order valence-corrected chi connectivity index (χ3v) is 4.68. The Labute approximate surface area is 114 Å². The van der Waals surface area contributed by atoms with E-state index in [4.69, 9.17) is 0 Å². The van der Waals surface area contributed by atoms with Crippen molar-refractivity contribution in [3.05, 3.63) is 34.9 Å². The lowest BCUT2D eigenvalue weighted by Gasteiger charge is -2.19. The Balaban J connectivity index is 2.73. The zero-order valence-electron chi connectivity index (χ0n) is 12.0. The van der Waals surface area contributed by atoms with E-state index >= 15 is 0 Å². The van der Waals surface area contributed by atoms with Gasteiger partial charge in [-0.25, -0.2) is 0 Å². The van der Waals surface area contributed by atoms with Crippen LogP contribution < -0.4 is 5.32 Å². The molecule has 0 bridgehead atoms. The molecule has 0 saturated heterocycles. The van der Waals surface area contributed by atoms with E-state index in [9.17, 15) is 4.21 Å². The van der Waals surface area contributed by atoms with E-state index < -0.39 is 10.8 Å². The van der Waals surface area contributed by atoms with Crippen LogP contribution in [0.5, 0.6) is 0 Å². The highest BCUT2D eigenvalue weighted by Gasteiger charge is 2.14. The molecule has 3 heteroatoms. The lowest BCUT2D eigenvalue weighted by molar-refractivity contribution is 0.631. The van der Waals surface area contributed by atoms with Crippen molar-refractivity contribution in [2.75, 3.05) is 18.6 Å². The fraction of sp³-hybridized carbons (Fsp3) is 0.600. The zero-order chi connectivity index (χ0) is 13.5. The Morgan fingerprint density at radius 3 is 2.61 bits per heavy atom. The number of nitrogens with one attached hydrogen (secondary N) is 1. The second-order valence-corrected chi connectivity index (χ2v) is 6.49. The molecule has 0 aliphatic carbocycles. The molecule has 0 radical (unpaired) electrons.